The molecule has 0 unspecified atom stereocenters. The van der Waals surface area contributed by atoms with E-state index in [4.69, 9.17) is 18.9 Å². The van der Waals surface area contributed by atoms with Crippen LogP contribution in [0.2, 0.25) is 0 Å². The summed E-state index contributed by atoms with van der Waals surface area (Å²) in [4.78, 5) is 85.8. The van der Waals surface area contributed by atoms with Crippen LogP contribution in [0.1, 0.15) is 103 Å². The first kappa shape index (κ1) is 42.3. The van der Waals surface area contributed by atoms with Crippen LogP contribution >= 0.6 is 0 Å². The fourth-order valence-corrected chi connectivity index (χ4v) is 10.3. The first-order valence-electron chi connectivity index (χ1n) is 20.6. The first-order valence-corrected chi connectivity index (χ1v) is 22.2. The number of fused-ring (bicyclic) bond motifs is 2. The van der Waals surface area contributed by atoms with Crippen molar-refractivity contribution < 1.29 is 56.1 Å². The predicted octanol–water partition coefficient (Wildman–Crippen LogP) is 2.57. The maximum Gasteiger partial charge on any atom is 0.410 e. The van der Waals surface area contributed by atoms with Gasteiger partial charge in [0.15, 0.2) is 11.5 Å². The van der Waals surface area contributed by atoms with Crippen molar-refractivity contribution in [1.82, 2.24) is 30.5 Å². The molecule has 1 aromatic carbocycles. The molecule has 0 spiro atoms. The molecule has 1 saturated heterocycles. The number of hydrogen-bond donors (Lipinski definition) is 4. The van der Waals surface area contributed by atoms with E-state index < -0.39 is 86.3 Å². The molecule has 0 radical (unpaired) electrons. The van der Waals surface area contributed by atoms with Gasteiger partial charge in [-0.15, -0.1) is 0 Å². The number of nitrogens with one attached hydrogen (secondary N) is 4. The second-order valence-electron chi connectivity index (χ2n) is 17.8. The highest BCUT2D eigenvalue weighted by atomic mass is 32.2. The number of ether oxygens (including phenoxy) is 4. The molecule has 4 N–H and O–H groups in total. The zero-order chi connectivity index (χ0) is 42.4. The van der Waals surface area contributed by atoms with Gasteiger partial charge in [-0.1, -0.05) is 53.4 Å². The Morgan fingerprint density at radius 1 is 0.949 bits per heavy atom. The number of methoxy groups -OCH3 is 1. The molecule has 1 aromatic rings. The molecule has 0 bridgehead atoms. The monoisotopic (exact) mass is 844 g/mol. The quantitative estimate of drug-likeness (QED) is 0.238. The van der Waals surface area contributed by atoms with Gasteiger partial charge in [0.05, 0.1) is 18.9 Å². The van der Waals surface area contributed by atoms with Gasteiger partial charge in [-0.25, -0.2) is 18.0 Å². The average molecular weight is 845 g/mol. The van der Waals surface area contributed by atoms with Gasteiger partial charge in [0, 0.05) is 19.5 Å². The number of sulfonamides is 1. The Kier molecular flexibility index (Phi) is 11.7. The van der Waals surface area contributed by atoms with Crippen LogP contribution < -0.4 is 30.1 Å². The molecule has 3 heterocycles. The van der Waals surface area contributed by atoms with Crippen LogP contribution in [0.3, 0.4) is 0 Å². The van der Waals surface area contributed by atoms with E-state index >= 15 is 0 Å². The third-order valence-corrected chi connectivity index (χ3v) is 14.4. The zero-order valence-electron chi connectivity index (χ0n) is 34.3. The zero-order valence-corrected chi connectivity index (χ0v) is 35.1. The van der Waals surface area contributed by atoms with Gasteiger partial charge < -0.3 is 39.8 Å². The molecule has 6 atom stereocenters. The third kappa shape index (κ3) is 8.89. The second-order valence-corrected chi connectivity index (χ2v) is 19.8. The van der Waals surface area contributed by atoms with Crippen LogP contribution in [0.25, 0.3) is 0 Å². The SMILES string of the molecule is CC[C@H]1C[C@@]1(NC(=O)[C@@H]1C[C@@H](OC(=O)N2Cc3cc4c(cc3C2)OCO4)CN1C(=O)[C@@H](NC(=O)[C@@H](NC(=O)OC)C1CCCCC1)C(C)(C)C)C(=O)NS(=O)(=O)C1CC1. The number of carbonyl (C=O) groups is 6. The average Bonchev–Trinajstić information content (AvgIpc) is 4.02. The van der Waals surface area contributed by atoms with Crippen molar-refractivity contribution in [3.05, 3.63) is 23.3 Å². The summed E-state index contributed by atoms with van der Waals surface area (Å²) in [7, 11) is -2.72. The molecule has 18 nitrogen and oxygen atoms in total. The van der Waals surface area contributed by atoms with Crippen molar-refractivity contribution in [1.29, 1.82) is 0 Å². The molecule has 3 aliphatic carbocycles. The van der Waals surface area contributed by atoms with Gasteiger partial charge in [0.1, 0.15) is 29.8 Å². The van der Waals surface area contributed by atoms with Crippen LogP contribution in [0.4, 0.5) is 9.59 Å². The van der Waals surface area contributed by atoms with Gasteiger partial charge in [-0.3, -0.25) is 28.8 Å². The minimum absolute atomic E-state index is 0.116. The van der Waals surface area contributed by atoms with Crippen molar-refractivity contribution >= 4 is 45.8 Å². The number of carbonyl (C=O) groups excluding carboxylic acids is 6. The fourth-order valence-electron chi connectivity index (χ4n) is 8.90. The van der Waals surface area contributed by atoms with Crippen LogP contribution in [0.15, 0.2) is 12.1 Å². The van der Waals surface area contributed by atoms with Crippen molar-refractivity contribution in [3.63, 3.8) is 0 Å². The molecular formula is C40H56N6O12S. The van der Waals surface area contributed by atoms with E-state index in [2.05, 4.69) is 20.7 Å². The molecule has 324 valence electrons. The number of benzene rings is 1. The van der Waals surface area contributed by atoms with E-state index in [1.54, 1.807) is 20.8 Å². The number of hydrogen-bond acceptors (Lipinski definition) is 12. The Hall–Kier alpha value is -4.81. The smallest absolute Gasteiger partial charge is 0.410 e. The van der Waals surface area contributed by atoms with Crippen LogP contribution in [0, 0.1) is 17.3 Å². The Morgan fingerprint density at radius 2 is 1.59 bits per heavy atom. The van der Waals surface area contributed by atoms with Crippen molar-refractivity contribution in [2.45, 2.75) is 140 Å². The van der Waals surface area contributed by atoms with E-state index in [0.717, 1.165) is 30.4 Å². The molecule has 6 aliphatic rings. The van der Waals surface area contributed by atoms with E-state index in [1.165, 1.54) is 16.9 Å². The van der Waals surface area contributed by atoms with Crippen LogP contribution in [-0.4, -0.2) is 109 Å². The van der Waals surface area contributed by atoms with Crippen molar-refractivity contribution in [3.8, 4) is 11.5 Å². The van der Waals surface area contributed by atoms with E-state index in [-0.39, 0.29) is 51.1 Å². The number of alkyl carbamates (subject to hydrolysis) is 1. The summed E-state index contributed by atoms with van der Waals surface area (Å²) in [5.74, 6) is -2.14. The number of rotatable bonds is 12. The standard InChI is InChI=1S/C40H56N6O12S/c1-6-25-17-40(25,36(50)44-59(53,54)27-12-13-27)43-33(47)28-16-26(58-38(52)45-18-23-14-29-30(57-21-56-29)15-24(23)19-45)20-46(28)35(49)32(39(2,3)4)42-34(48)31(41-37(51)55-5)22-10-8-7-9-11-22/h14-15,22,25-28,31-32H,6-13,16-21H2,1-5H3,(H,41,51)(H,42,48)(H,43,47)(H,44,50)/t25-,26+,28-,31-,32+,40-/m0/s1. The lowest BCUT2D eigenvalue weighted by atomic mass is 9.82. The highest BCUT2D eigenvalue weighted by molar-refractivity contribution is 7.91. The minimum Gasteiger partial charge on any atom is -0.454 e. The largest absolute Gasteiger partial charge is 0.454 e. The van der Waals surface area contributed by atoms with Crippen LogP contribution in [-0.2, 0) is 51.8 Å². The third-order valence-electron chi connectivity index (χ3n) is 12.6. The highest BCUT2D eigenvalue weighted by Crippen LogP contribution is 2.47. The maximum absolute atomic E-state index is 14.8. The molecule has 19 heteroatoms. The molecular weight excluding hydrogens is 789 g/mol. The second kappa shape index (κ2) is 16.3. The summed E-state index contributed by atoms with van der Waals surface area (Å²) in [6.07, 6.45) is 3.17. The summed E-state index contributed by atoms with van der Waals surface area (Å²) in [5.41, 5.74) is -0.699. The predicted molar refractivity (Wildman–Crippen MR) is 209 cm³/mol. The number of nitrogens with zero attached hydrogens (tertiary/aromatic N) is 2. The number of likely N-dealkylation sites (tertiary alicyclic amines) is 1. The molecule has 3 aliphatic heterocycles. The summed E-state index contributed by atoms with van der Waals surface area (Å²) in [6.45, 7) is 7.50. The van der Waals surface area contributed by atoms with Gasteiger partial charge in [-0.2, -0.15) is 0 Å². The van der Waals surface area contributed by atoms with Crippen LogP contribution in [0.5, 0.6) is 11.5 Å². The highest BCUT2D eigenvalue weighted by Gasteiger charge is 2.62. The molecule has 7 rings (SSSR count). The Labute approximate surface area is 344 Å². The fraction of sp³-hybridized carbons (Fsp3) is 0.700. The Balaban J connectivity index is 1.12. The lowest BCUT2D eigenvalue weighted by Crippen LogP contribution is -2.62. The summed E-state index contributed by atoms with van der Waals surface area (Å²) >= 11 is 0. The maximum atomic E-state index is 14.8. The molecule has 59 heavy (non-hydrogen) atoms. The minimum atomic E-state index is -3.92. The summed E-state index contributed by atoms with van der Waals surface area (Å²) < 4.78 is 49.6. The van der Waals surface area contributed by atoms with E-state index in [0.29, 0.717) is 43.6 Å². The van der Waals surface area contributed by atoms with E-state index in [1.807, 2.05) is 19.1 Å². The van der Waals surface area contributed by atoms with E-state index in [9.17, 15) is 37.2 Å². The number of amides is 6. The Bertz CT molecular complexity index is 1950. The molecule has 4 fully saturated rings. The van der Waals surface area contributed by atoms with Gasteiger partial charge >= 0.3 is 12.2 Å². The normalized spacial score (nSPS) is 25.9. The summed E-state index contributed by atoms with van der Waals surface area (Å²) in [6, 6.07) is 0.188. The summed E-state index contributed by atoms with van der Waals surface area (Å²) in [5, 5.41) is 7.71. The van der Waals surface area contributed by atoms with Gasteiger partial charge in [0.25, 0.3) is 5.91 Å². The lowest BCUT2D eigenvalue weighted by molar-refractivity contribution is -0.145. The Morgan fingerprint density at radius 3 is 2.15 bits per heavy atom. The topological polar surface area (TPSA) is 228 Å². The lowest BCUT2D eigenvalue weighted by Gasteiger charge is -2.37. The molecule has 3 saturated carbocycles. The molecule has 0 aromatic heterocycles. The van der Waals surface area contributed by atoms with Gasteiger partial charge in [0.2, 0.25) is 34.5 Å². The van der Waals surface area contributed by atoms with Crippen molar-refractivity contribution in [2.75, 3.05) is 20.4 Å². The first-order chi connectivity index (χ1) is 27.9. The molecule has 6 amide bonds. The van der Waals surface area contributed by atoms with Gasteiger partial charge in [-0.05, 0) is 72.6 Å². The van der Waals surface area contributed by atoms with Crippen molar-refractivity contribution in [2.24, 2.45) is 17.3 Å².